The lowest BCUT2D eigenvalue weighted by Gasteiger charge is -2.36. The Morgan fingerprint density at radius 2 is 1.64 bits per heavy atom. The number of nitrogens with zero attached hydrogens (tertiary/aromatic N) is 3. The van der Waals surface area contributed by atoms with Gasteiger partial charge in [0.05, 0.1) is 5.69 Å². The summed E-state index contributed by atoms with van der Waals surface area (Å²) < 4.78 is 0. The largest absolute Gasteiger partial charge is 0.368 e. The molecule has 4 rings (SSSR count). The zero-order chi connectivity index (χ0) is 19.3. The zero-order valence-electron chi connectivity index (χ0n) is 16.0. The fraction of sp³-hybridized carbons (Fsp3) is 0.273. The van der Waals surface area contributed by atoms with E-state index in [4.69, 9.17) is 4.98 Å². The smallest absolute Gasteiger partial charge is 0.252 e. The minimum atomic E-state index is -0.0880. The maximum Gasteiger partial charge on any atom is 0.252 e. The van der Waals surface area contributed by atoms with Gasteiger partial charge in [0.25, 0.3) is 5.56 Å². The van der Waals surface area contributed by atoms with E-state index in [1.54, 1.807) is 17.8 Å². The van der Waals surface area contributed by atoms with Crippen LogP contribution in [0.1, 0.15) is 11.3 Å². The Morgan fingerprint density at radius 3 is 2.36 bits per heavy atom. The highest BCUT2D eigenvalue weighted by molar-refractivity contribution is 7.98. The molecule has 0 radical (unpaired) electrons. The van der Waals surface area contributed by atoms with Gasteiger partial charge < -0.3 is 9.80 Å². The summed E-state index contributed by atoms with van der Waals surface area (Å²) in [6.45, 7) is 5.58. The van der Waals surface area contributed by atoms with Crippen molar-refractivity contribution in [3.05, 3.63) is 82.3 Å². The minimum Gasteiger partial charge on any atom is -0.368 e. The molecule has 3 aromatic rings. The number of rotatable bonds is 5. The first-order valence-corrected chi connectivity index (χ1v) is 10.5. The maximum absolute atomic E-state index is 12.2. The zero-order valence-corrected chi connectivity index (χ0v) is 16.8. The van der Waals surface area contributed by atoms with Gasteiger partial charge in [-0.15, -0.1) is 11.8 Å². The lowest BCUT2D eigenvalue weighted by Crippen LogP contribution is -2.47. The summed E-state index contributed by atoms with van der Waals surface area (Å²) >= 11 is 1.70. The first-order chi connectivity index (χ1) is 13.7. The van der Waals surface area contributed by atoms with Crippen molar-refractivity contribution in [2.75, 3.05) is 36.0 Å². The van der Waals surface area contributed by atoms with Gasteiger partial charge in [0.1, 0.15) is 0 Å². The number of thioether (sulfide) groups is 1. The van der Waals surface area contributed by atoms with Crippen LogP contribution in [0.4, 0.5) is 11.6 Å². The summed E-state index contributed by atoms with van der Waals surface area (Å²) in [4.78, 5) is 25.5. The number of para-hydroxylation sites is 1. The average molecular weight is 393 g/mol. The molecule has 2 aromatic carbocycles. The number of nitrogens with one attached hydrogen (secondary N) is 1. The molecule has 6 heteroatoms. The summed E-state index contributed by atoms with van der Waals surface area (Å²) in [6, 6.07) is 20.5. The highest BCUT2D eigenvalue weighted by Gasteiger charge is 2.19. The predicted molar refractivity (Wildman–Crippen MR) is 116 cm³/mol. The van der Waals surface area contributed by atoms with Crippen LogP contribution < -0.4 is 15.4 Å². The molecule has 144 valence electrons. The summed E-state index contributed by atoms with van der Waals surface area (Å²) in [5.74, 6) is 1.36. The Morgan fingerprint density at radius 1 is 0.964 bits per heavy atom. The van der Waals surface area contributed by atoms with Gasteiger partial charge in [-0.3, -0.25) is 9.78 Å². The Bertz CT molecular complexity index is 964. The quantitative estimate of drug-likeness (QED) is 0.671. The molecule has 1 N–H and O–H groups in total. The molecule has 1 aliphatic rings. The molecule has 2 heterocycles. The third kappa shape index (κ3) is 4.57. The first kappa shape index (κ1) is 18.6. The van der Waals surface area contributed by atoms with Crippen molar-refractivity contribution in [2.45, 2.75) is 17.6 Å². The van der Waals surface area contributed by atoms with Gasteiger partial charge in [-0.25, -0.2) is 4.98 Å². The monoisotopic (exact) mass is 392 g/mol. The second kappa shape index (κ2) is 8.52. The molecule has 1 aromatic heterocycles. The fourth-order valence-corrected chi connectivity index (χ4v) is 4.12. The number of benzene rings is 2. The van der Waals surface area contributed by atoms with E-state index in [1.165, 1.54) is 16.1 Å². The number of aromatic nitrogens is 2. The molecule has 0 unspecified atom stereocenters. The second-order valence-electron chi connectivity index (χ2n) is 6.97. The van der Waals surface area contributed by atoms with Crippen LogP contribution in [0.5, 0.6) is 0 Å². The molecule has 1 saturated heterocycles. The molecule has 0 atom stereocenters. The highest BCUT2D eigenvalue weighted by atomic mass is 32.2. The average Bonchev–Trinajstić information content (AvgIpc) is 2.74. The molecule has 0 saturated carbocycles. The fourth-order valence-electron chi connectivity index (χ4n) is 3.32. The Hall–Kier alpha value is -2.73. The number of hydrogen-bond donors (Lipinski definition) is 1. The van der Waals surface area contributed by atoms with E-state index < -0.39 is 0 Å². The number of aryl methyl sites for hydroxylation is 1. The Balaban J connectivity index is 1.41. The van der Waals surface area contributed by atoms with E-state index in [1.807, 2.05) is 6.07 Å². The van der Waals surface area contributed by atoms with E-state index in [9.17, 15) is 4.79 Å². The van der Waals surface area contributed by atoms with Crippen molar-refractivity contribution in [1.82, 2.24) is 9.97 Å². The van der Waals surface area contributed by atoms with Crippen LogP contribution in [0.15, 0.2) is 70.4 Å². The van der Waals surface area contributed by atoms with E-state index in [-0.39, 0.29) is 5.56 Å². The second-order valence-corrected chi connectivity index (χ2v) is 8.02. The van der Waals surface area contributed by atoms with Crippen LogP contribution in [-0.4, -0.2) is 36.1 Å². The standard InChI is InChI=1S/C22H24N4OS/c1-17-7-9-20(10-8-17)28-16-18-15-21(27)24-22(23-18)26-13-11-25(12-14-26)19-5-3-2-4-6-19/h2-10,15H,11-14,16H2,1H3,(H,23,24,27). The van der Waals surface area contributed by atoms with Crippen molar-refractivity contribution in [1.29, 1.82) is 0 Å². The minimum absolute atomic E-state index is 0.0880. The van der Waals surface area contributed by atoms with Crippen LogP contribution in [0.3, 0.4) is 0 Å². The van der Waals surface area contributed by atoms with Gasteiger partial charge in [-0.05, 0) is 31.2 Å². The molecule has 1 aliphatic heterocycles. The summed E-state index contributed by atoms with van der Waals surface area (Å²) in [6.07, 6.45) is 0. The van der Waals surface area contributed by atoms with Crippen LogP contribution in [0.2, 0.25) is 0 Å². The van der Waals surface area contributed by atoms with Gasteiger partial charge in [-0.2, -0.15) is 0 Å². The van der Waals surface area contributed by atoms with Crippen molar-refractivity contribution in [3.8, 4) is 0 Å². The third-order valence-corrected chi connectivity index (χ3v) is 5.94. The normalized spacial score (nSPS) is 14.3. The van der Waals surface area contributed by atoms with Crippen LogP contribution in [-0.2, 0) is 5.75 Å². The topological polar surface area (TPSA) is 52.2 Å². The molecule has 0 aliphatic carbocycles. The van der Waals surface area contributed by atoms with Gasteiger partial charge in [-0.1, -0.05) is 35.9 Å². The summed E-state index contributed by atoms with van der Waals surface area (Å²) in [7, 11) is 0. The van der Waals surface area contributed by atoms with E-state index in [0.29, 0.717) is 11.7 Å². The van der Waals surface area contributed by atoms with Gasteiger partial charge in [0.2, 0.25) is 5.95 Å². The van der Waals surface area contributed by atoms with Crippen molar-refractivity contribution in [2.24, 2.45) is 0 Å². The number of aromatic amines is 1. The highest BCUT2D eigenvalue weighted by Crippen LogP contribution is 2.23. The molecule has 0 spiro atoms. The maximum atomic E-state index is 12.2. The summed E-state index contributed by atoms with van der Waals surface area (Å²) in [5.41, 5.74) is 3.22. The van der Waals surface area contributed by atoms with Crippen molar-refractivity contribution < 1.29 is 0 Å². The van der Waals surface area contributed by atoms with Gasteiger partial charge in [0.15, 0.2) is 0 Å². The van der Waals surface area contributed by atoms with Crippen molar-refractivity contribution in [3.63, 3.8) is 0 Å². The molecule has 0 amide bonds. The van der Waals surface area contributed by atoms with Crippen LogP contribution in [0, 0.1) is 6.92 Å². The third-order valence-electron chi connectivity index (χ3n) is 4.89. The lowest BCUT2D eigenvalue weighted by atomic mass is 10.2. The van der Waals surface area contributed by atoms with E-state index in [0.717, 1.165) is 31.9 Å². The SMILES string of the molecule is Cc1ccc(SCc2cc(=O)[nH]c(N3CCN(c4ccccc4)CC3)n2)cc1. The number of anilines is 2. The molecule has 0 bridgehead atoms. The molecular weight excluding hydrogens is 368 g/mol. The molecule has 1 fully saturated rings. The molecule has 28 heavy (non-hydrogen) atoms. The van der Waals surface area contributed by atoms with E-state index >= 15 is 0 Å². The lowest BCUT2D eigenvalue weighted by molar-refractivity contribution is 0.638. The molecule has 5 nitrogen and oxygen atoms in total. The summed E-state index contributed by atoms with van der Waals surface area (Å²) in [5, 5.41) is 0. The first-order valence-electron chi connectivity index (χ1n) is 9.52. The van der Waals surface area contributed by atoms with Crippen LogP contribution in [0.25, 0.3) is 0 Å². The van der Waals surface area contributed by atoms with Crippen LogP contribution >= 0.6 is 11.8 Å². The van der Waals surface area contributed by atoms with Gasteiger partial charge >= 0.3 is 0 Å². The molecular formula is C22H24N4OS. The van der Waals surface area contributed by atoms with Gasteiger partial charge in [0, 0.05) is 48.6 Å². The predicted octanol–water partition coefficient (Wildman–Crippen LogP) is 3.70. The van der Waals surface area contributed by atoms with E-state index in [2.05, 4.69) is 70.2 Å². The Kier molecular flexibility index (Phi) is 5.67. The Labute approximate surface area is 169 Å². The van der Waals surface area contributed by atoms with Crippen molar-refractivity contribution >= 4 is 23.4 Å². The number of H-pyrrole nitrogens is 1. The number of piperazine rings is 1. The number of hydrogen-bond acceptors (Lipinski definition) is 5.